The number of ether oxygens (including phenoxy) is 1. The van der Waals surface area contributed by atoms with Crippen LogP contribution in [-0.4, -0.2) is 24.0 Å². The largest absolute Gasteiger partial charge is 0.425 e. The summed E-state index contributed by atoms with van der Waals surface area (Å²) >= 11 is 0. The van der Waals surface area contributed by atoms with Crippen molar-refractivity contribution in [3.63, 3.8) is 0 Å². The number of amides is 1. The highest BCUT2D eigenvalue weighted by Gasteiger charge is 2.30. The van der Waals surface area contributed by atoms with Crippen molar-refractivity contribution in [2.75, 3.05) is 0 Å². The molecular weight excluding hydrogens is 280 g/mol. The van der Waals surface area contributed by atoms with E-state index in [4.69, 9.17) is 10.5 Å². The molecule has 0 aliphatic heterocycles. The van der Waals surface area contributed by atoms with E-state index in [1.54, 1.807) is 24.3 Å². The predicted octanol–water partition coefficient (Wildman–Crippen LogP) is 2.11. The second-order valence-electron chi connectivity index (χ2n) is 5.88. The molecule has 0 saturated heterocycles. The Morgan fingerprint density at radius 3 is 2.27 bits per heavy atom. The van der Waals surface area contributed by atoms with Crippen molar-refractivity contribution in [3.05, 3.63) is 30.3 Å². The van der Waals surface area contributed by atoms with Crippen molar-refractivity contribution < 1.29 is 14.3 Å². The minimum Gasteiger partial charge on any atom is -0.425 e. The molecule has 1 rings (SSSR count). The Morgan fingerprint density at radius 2 is 1.77 bits per heavy atom. The lowest BCUT2D eigenvalue weighted by Crippen LogP contribution is -2.53. The third kappa shape index (κ3) is 5.15. The van der Waals surface area contributed by atoms with Gasteiger partial charge in [-0.05, 0) is 24.0 Å². The summed E-state index contributed by atoms with van der Waals surface area (Å²) in [4.78, 5) is 24.5. The Kier molecular flexibility index (Phi) is 7.05. The number of carbonyl (C=O) groups excluding carboxylic acids is 2. The molecule has 0 spiro atoms. The average Bonchev–Trinajstić information content (AvgIpc) is 2.51. The molecule has 1 amide bonds. The lowest BCUT2D eigenvalue weighted by atomic mass is 9.97. The highest BCUT2D eigenvalue weighted by Crippen LogP contribution is 2.14. The van der Waals surface area contributed by atoms with Crippen molar-refractivity contribution in [1.82, 2.24) is 5.32 Å². The Labute approximate surface area is 132 Å². The minimum atomic E-state index is -0.706. The summed E-state index contributed by atoms with van der Waals surface area (Å²) in [5, 5.41) is 2.73. The van der Waals surface area contributed by atoms with Crippen molar-refractivity contribution in [2.24, 2.45) is 17.6 Å². The number of hydrogen-bond acceptors (Lipinski definition) is 4. The quantitative estimate of drug-likeness (QED) is 0.597. The third-order valence-electron chi connectivity index (χ3n) is 3.75. The van der Waals surface area contributed by atoms with Gasteiger partial charge in [0.05, 0.1) is 6.04 Å². The first-order valence-electron chi connectivity index (χ1n) is 7.69. The number of esters is 1. The van der Waals surface area contributed by atoms with E-state index < -0.39 is 18.1 Å². The molecule has 1 aromatic carbocycles. The van der Waals surface area contributed by atoms with E-state index >= 15 is 0 Å². The van der Waals surface area contributed by atoms with Gasteiger partial charge in [0, 0.05) is 0 Å². The smallest absolute Gasteiger partial charge is 0.334 e. The van der Waals surface area contributed by atoms with Gasteiger partial charge in [-0.3, -0.25) is 4.79 Å². The molecule has 0 heterocycles. The molecular formula is C17H26N2O3. The Morgan fingerprint density at radius 1 is 1.18 bits per heavy atom. The van der Waals surface area contributed by atoms with Crippen molar-refractivity contribution in [3.8, 4) is 5.75 Å². The average molecular weight is 306 g/mol. The van der Waals surface area contributed by atoms with E-state index in [2.05, 4.69) is 5.32 Å². The van der Waals surface area contributed by atoms with Gasteiger partial charge in [0.25, 0.3) is 0 Å². The second-order valence-corrected chi connectivity index (χ2v) is 5.88. The van der Waals surface area contributed by atoms with Crippen LogP contribution in [0.5, 0.6) is 5.75 Å². The van der Waals surface area contributed by atoms with Crippen molar-refractivity contribution >= 4 is 11.9 Å². The normalized spacial score (nSPS) is 15.0. The molecule has 0 aromatic heterocycles. The van der Waals surface area contributed by atoms with E-state index in [1.807, 2.05) is 33.8 Å². The van der Waals surface area contributed by atoms with Gasteiger partial charge in [-0.2, -0.15) is 0 Å². The molecule has 0 aliphatic rings. The summed E-state index contributed by atoms with van der Waals surface area (Å²) in [7, 11) is 0. The van der Waals surface area contributed by atoms with Crippen LogP contribution < -0.4 is 15.8 Å². The van der Waals surface area contributed by atoms with Gasteiger partial charge >= 0.3 is 5.97 Å². The molecule has 0 saturated carbocycles. The van der Waals surface area contributed by atoms with Crippen LogP contribution in [0.25, 0.3) is 0 Å². The number of carbonyl (C=O) groups is 2. The van der Waals surface area contributed by atoms with Crippen molar-refractivity contribution in [2.45, 2.75) is 46.2 Å². The maximum atomic E-state index is 12.4. The topological polar surface area (TPSA) is 81.4 Å². The van der Waals surface area contributed by atoms with Crippen LogP contribution in [0.3, 0.4) is 0 Å². The molecule has 0 unspecified atom stereocenters. The zero-order valence-corrected chi connectivity index (χ0v) is 13.7. The fourth-order valence-electron chi connectivity index (χ4n) is 1.89. The van der Waals surface area contributed by atoms with Crippen LogP contribution in [0.2, 0.25) is 0 Å². The van der Waals surface area contributed by atoms with Crippen LogP contribution in [0.15, 0.2) is 30.3 Å². The number of rotatable bonds is 7. The molecule has 3 N–H and O–H groups in total. The predicted molar refractivity (Wildman–Crippen MR) is 86.3 cm³/mol. The van der Waals surface area contributed by atoms with Crippen LogP contribution in [0.4, 0.5) is 0 Å². The molecule has 5 nitrogen and oxygen atoms in total. The lowest BCUT2D eigenvalue weighted by Gasteiger charge is -2.25. The summed E-state index contributed by atoms with van der Waals surface area (Å²) in [6.07, 6.45) is 0.742. The number of hydrogen-bond donors (Lipinski definition) is 2. The molecule has 0 radical (unpaired) electrons. The van der Waals surface area contributed by atoms with Gasteiger partial charge < -0.3 is 15.8 Å². The van der Waals surface area contributed by atoms with Crippen LogP contribution >= 0.6 is 0 Å². The summed E-state index contributed by atoms with van der Waals surface area (Å²) in [6, 6.07) is 7.47. The summed E-state index contributed by atoms with van der Waals surface area (Å²) in [5.74, 6) is -0.374. The first kappa shape index (κ1) is 18.2. The van der Waals surface area contributed by atoms with Crippen LogP contribution in [-0.2, 0) is 9.59 Å². The number of benzene rings is 1. The highest BCUT2D eigenvalue weighted by molar-refractivity contribution is 5.88. The Hall–Kier alpha value is -1.88. The minimum absolute atomic E-state index is 0.00252. The molecule has 1 aromatic rings. The summed E-state index contributed by atoms with van der Waals surface area (Å²) in [6.45, 7) is 7.59. The molecule has 0 fully saturated rings. The SMILES string of the molecule is CC[C@H](C)[C@H](NC(=O)[C@@H](N)C(C)C)C(=O)Oc1ccccc1. The van der Waals surface area contributed by atoms with E-state index in [9.17, 15) is 9.59 Å². The van der Waals surface area contributed by atoms with E-state index in [1.165, 1.54) is 0 Å². The molecule has 122 valence electrons. The highest BCUT2D eigenvalue weighted by atomic mass is 16.5. The van der Waals surface area contributed by atoms with Crippen LogP contribution in [0.1, 0.15) is 34.1 Å². The van der Waals surface area contributed by atoms with Gasteiger partial charge in [-0.15, -0.1) is 0 Å². The first-order chi connectivity index (χ1) is 10.4. The van der Waals surface area contributed by atoms with E-state index in [0.717, 1.165) is 6.42 Å². The second kappa shape index (κ2) is 8.54. The molecule has 0 bridgehead atoms. The van der Waals surface area contributed by atoms with Crippen LogP contribution in [0, 0.1) is 11.8 Å². The van der Waals surface area contributed by atoms with Gasteiger partial charge in [0.1, 0.15) is 11.8 Å². The first-order valence-corrected chi connectivity index (χ1v) is 7.69. The molecule has 5 heteroatoms. The standard InChI is InChI=1S/C17H26N2O3/c1-5-12(4)15(19-16(20)14(18)11(2)3)17(21)22-13-9-7-6-8-10-13/h6-12,14-15H,5,18H2,1-4H3,(H,19,20)/t12-,14-,15-/m0/s1. The monoisotopic (exact) mass is 306 g/mol. The van der Waals surface area contributed by atoms with Crippen molar-refractivity contribution in [1.29, 1.82) is 0 Å². The third-order valence-corrected chi connectivity index (χ3v) is 3.75. The zero-order valence-electron chi connectivity index (χ0n) is 13.7. The van der Waals surface area contributed by atoms with Gasteiger partial charge in [0.2, 0.25) is 5.91 Å². The Balaban J connectivity index is 2.80. The van der Waals surface area contributed by atoms with Gasteiger partial charge in [-0.25, -0.2) is 4.79 Å². The maximum absolute atomic E-state index is 12.4. The fourth-order valence-corrected chi connectivity index (χ4v) is 1.89. The van der Waals surface area contributed by atoms with E-state index in [-0.39, 0.29) is 17.7 Å². The number of nitrogens with two attached hydrogens (primary N) is 1. The van der Waals surface area contributed by atoms with Gasteiger partial charge in [-0.1, -0.05) is 52.3 Å². The van der Waals surface area contributed by atoms with Gasteiger partial charge in [0.15, 0.2) is 0 Å². The Bertz CT molecular complexity index is 488. The number of nitrogens with one attached hydrogen (secondary N) is 1. The number of para-hydroxylation sites is 1. The lowest BCUT2D eigenvalue weighted by molar-refractivity contribution is -0.141. The summed E-state index contributed by atoms with van der Waals surface area (Å²) < 4.78 is 5.35. The van der Waals surface area contributed by atoms with E-state index in [0.29, 0.717) is 5.75 Å². The fraction of sp³-hybridized carbons (Fsp3) is 0.529. The maximum Gasteiger partial charge on any atom is 0.334 e. The molecule has 0 aliphatic carbocycles. The summed E-state index contributed by atoms with van der Waals surface area (Å²) in [5.41, 5.74) is 5.84. The molecule has 22 heavy (non-hydrogen) atoms. The zero-order chi connectivity index (χ0) is 16.7. The molecule has 3 atom stereocenters.